The van der Waals surface area contributed by atoms with Crippen LogP contribution in [0.15, 0.2) is 36.7 Å². The molecule has 0 aliphatic heterocycles. The SMILES string of the molecule is C[C@@H](OC(=O)Cc1c(-c2ccc(C(=O)CC34CC(C(F)(F)F)(C3)C4)cn2)nnn1C)c1cccnc1F. The Balaban J connectivity index is 1.23. The van der Waals surface area contributed by atoms with Crippen molar-refractivity contribution in [2.75, 3.05) is 0 Å². The summed E-state index contributed by atoms with van der Waals surface area (Å²) in [6.45, 7) is 1.54. The first-order valence-corrected chi connectivity index (χ1v) is 11.7. The molecular formula is C25H23F4N5O3. The monoisotopic (exact) mass is 517 g/mol. The molecule has 3 saturated carbocycles. The molecule has 3 aromatic heterocycles. The van der Waals surface area contributed by atoms with Gasteiger partial charge in [-0.3, -0.25) is 19.3 Å². The summed E-state index contributed by atoms with van der Waals surface area (Å²) in [7, 11) is 1.60. The fourth-order valence-electron chi connectivity index (χ4n) is 5.54. The van der Waals surface area contributed by atoms with Crippen LogP contribution in [0.25, 0.3) is 11.4 Å². The molecular weight excluding hydrogens is 494 g/mol. The van der Waals surface area contributed by atoms with Crippen LogP contribution in [0.1, 0.15) is 60.3 Å². The van der Waals surface area contributed by atoms with Crippen LogP contribution in [0, 0.1) is 16.8 Å². The predicted molar refractivity (Wildman–Crippen MR) is 120 cm³/mol. The smallest absolute Gasteiger partial charge is 0.394 e. The van der Waals surface area contributed by atoms with E-state index in [1.54, 1.807) is 25.2 Å². The third-order valence-electron chi connectivity index (χ3n) is 7.39. The number of esters is 1. The Kier molecular flexibility index (Phi) is 5.87. The standard InChI is InChI=1S/C25H23F4N5O3/c1-14(16-4-3-7-30-22(16)26)37-20(36)8-18-21(32-33-34(18)2)17-6-5-15(10-31-17)19(35)9-23-11-24(12-23,13-23)25(27,28)29/h3-7,10,14H,8-9,11-13H2,1-2H3/t14-,23?,24?/m1/s1. The minimum absolute atomic E-state index is 0.00581. The van der Waals surface area contributed by atoms with E-state index < -0.39 is 35.0 Å². The number of carbonyl (C=O) groups excluding carboxylic acids is 2. The molecule has 3 aliphatic rings. The van der Waals surface area contributed by atoms with Crippen molar-refractivity contribution in [1.29, 1.82) is 0 Å². The Morgan fingerprint density at radius 3 is 2.51 bits per heavy atom. The molecule has 0 saturated heterocycles. The Labute approximate surface area is 209 Å². The summed E-state index contributed by atoms with van der Waals surface area (Å²) in [6.07, 6.45) is -2.56. The van der Waals surface area contributed by atoms with E-state index >= 15 is 0 Å². The van der Waals surface area contributed by atoms with Crippen LogP contribution in [0.3, 0.4) is 0 Å². The molecule has 0 N–H and O–H groups in total. The third-order valence-corrected chi connectivity index (χ3v) is 7.39. The number of halogens is 4. The van der Waals surface area contributed by atoms with Crippen LogP contribution in [0.5, 0.6) is 0 Å². The number of aromatic nitrogens is 5. The maximum absolute atomic E-state index is 13.9. The minimum atomic E-state index is -4.21. The molecule has 3 aliphatic carbocycles. The maximum Gasteiger partial charge on any atom is 0.394 e. The van der Waals surface area contributed by atoms with E-state index in [1.165, 1.54) is 30.1 Å². The Morgan fingerprint density at radius 1 is 1.16 bits per heavy atom. The van der Waals surface area contributed by atoms with Crippen molar-refractivity contribution in [2.45, 2.75) is 51.3 Å². The lowest BCUT2D eigenvalue weighted by molar-refractivity contribution is -0.361. The van der Waals surface area contributed by atoms with Gasteiger partial charge in [-0.15, -0.1) is 5.10 Å². The van der Waals surface area contributed by atoms with Gasteiger partial charge in [0.15, 0.2) is 5.78 Å². The van der Waals surface area contributed by atoms with E-state index in [-0.39, 0.29) is 43.5 Å². The number of pyridine rings is 2. The van der Waals surface area contributed by atoms with Crippen molar-refractivity contribution < 1.29 is 31.9 Å². The van der Waals surface area contributed by atoms with E-state index in [0.29, 0.717) is 22.6 Å². The highest BCUT2D eigenvalue weighted by Gasteiger charge is 2.78. The van der Waals surface area contributed by atoms with Gasteiger partial charge in [0.2, 0.25) is 5.95 Å². The lowest BCUT2D eigenvalue weighted by Gasteiger charge is -2.70. The number of hydrogen-bond acceptors (Lipinski definition) is 7. The highest BCUT2D eigenvalue weighted by atomic mass is 19.4. The van der Waals surface area contributed by atoms with E-state index in [9.17, 15) is 27.2 Å². The molecule has 12 heteroatoms. The summed E-state index contributed by atoms with van der Waals surface area (Å²) >= 11 is 0. The van der Waals surface area contributed by atoms with Crippen molar-refractivity contribution in [3.05, 3.63) is 59.4 Å². The number of hydrogen-bond donors (Lipinski definition) is 0. The second kappa shape index (κ2) is 8.70. The molecule has 3 fully saturated rings. The van der Waals surface area contributed by atoms with Gasteiger partial charge in [-0.25, -0.2) is 4.98 Å². The summed E-state index contributed by atoms with van der Waals surface area (Å²) < 4.78 is 59.9. The second-order valence-corrected chi connectivity index (χ2v) is 10.0. The number of aryl methyl sites for hydroxylation is 1. The molecule has 3 heterocycles. The fraction of sp³-hybridized carbons (Fsp3) is 0.440. The largest absolute Gasteiger partial charge is 0.457 e. The Hall–Kier alpha value is -3.70. The summed E-state index contributed by atoms with van der Waals surface area (Å²) in [6, 6.07) is 6.12. The highest BCUT2D eigenvalue weighted by molar-refractivity contribution is 5.96. The minimum Gasteiger partial charge on any atom is -0.457 e. The molecule has 0 aromatic carbocycles. The first-order chi connectivity index (χ1) is 17.4. The van der Waals surface area contributed by atoms with Gasteiger partial charge in [-0.2, -0.15) is 17.6 Å². The quantitative estimate of drug-likeness (QED) is 0.187. The lowest BCUT2D eigenvalue weighted by atomic mass is 9.33. The molecule has 8 nitrogen and oxygen atoms in total. The normalized spacial score (nSPS) is 23.1. The average Bonchev–Trinajstić information content (AvgIpc) is 3.14. The molecule has 0 radical (unpaired) electrons. The van der Waals surface area contributed by atoms with E-state index in [1.807, 2.05) is 0 Å². The van der Waals surface area contributed by atoms with Crippen LogP contribution in [-0.2, 0) is 23.0 Å². The molecule has 3 aromatic rings. The summed E-state index contributed by atoms with van der Waals surface area (Å²) in [5, 5.41) is 8.01. The number of nitrogens with zero attached hydrogens (tertiary/aromatic N) is 5. The highest BCUT2D eigenvalue weighted by Crippen LogP contribution is 2.79. The second-order valence-electron chi connectivity index (χ2n) is 10.0. The van der Waals surface area contributed by atoms with Gasteiger partial charge in [0.25, 0.3) is 0 Å². The van der Waals surface area contributed by atoms with Gasteiger partial charge in [0.1, 0.15) is 11.8 Å². The zero-order valence-electron chi connectivity index (χ0n) is 20.0. The summed E-state index contributed by atoms with van der Waals surface area (Å²) in [5.41, 5.74) is -0.629. The number of alkyl halides is 3. The van der Waals surface area contributed by atoms with Crippen molar-refractivity contribution in [3.63, 3.8) is 0 Å². The van der Waals surface area contributed by atoms with Crippen molar-refractivity contribution in [2.24, 2.45) is 17.9 Å². The van der Waals surface area contributed by atoms with Gasteiger partial charge >= 0.3 is 12.1 Å². The number of ketones is 1. The Morgan fingerprint density at radius 2 is 1.89 bits per heavy atom. The van der Waals surface area contributed by atoms with E-state index in [0.717, 1.165) is 0 Å². The topological polar surface area (TPSA) is 99.9 Å². The van der Waals surface area contributed by atoms with Crippen molar-refractivity contribution >= 4 is 11.8 Å². The number of ether oxygens (including phenoxy) is 1. The first kappa shape index (κ1) is 25.0. The summed E-state index contributed by atoms with van der Waals surface area (Å²) in [5.74, 6) is -1.61. The van der Waals surface area contributed by atoms with Crippen LogP contribution in [0.2, 0.25) is 0 Å². The van der Waals surface area contributed by atoms with Gasteiger partial charge in [-0.1, -0.05) is 5.21 Å². The third kappa shape index (κ3) is 4.38. The van der Waals surface area contributed by atoms with E-state index in [2.05, 4.69) is 20.3 Å². The predicted octanol–water partition coefficient (Wildman–Crippen LogP) is 4.56. The zero-order chi connectivity index (χ0) is 26.6. The first-order valence-electron chi connectivity index (χ1n) is 11.7. The van der Waals surface area contributed by atoms with Crippen LogP contribution < -0.4 is 0 Å². The molecule has 2 bridgehead atoms. The number of rotatable bonds is 8. The average molecular weight is 517 g/mol. The molecule has 37 heavy (non-hydrogen) atoms. The van der Waals surface area contributed by atoms with Gasteiger partial charge in [0.05, 0.1) is 23.2 Å². The molecule has 194 valence electrons. The summed E-state index contributed by atoms with van der Waals surface area (Å²) in [4.78, 5) is 33.1. The van der Waals surface area contributed by atoms with Crippen LogP contribution >= 0.6 is 0 Å². The Bertz CT molecular complexity index is 1350. The maximum atomic E-state index is 13.9. The van der Waals surface area contributed by atoms with Gasteiger partial charge in [0, 0.05) is 37.0 Å². The van der Waals surface area contributed by atoms with Crippen LogP contribution in [0.4, 0.5) is 17.6 Å². The number of Topliss-reactive ketones (excluding diaryl/α,β-unsaturated/α-hetero) is 1. The van der Waals surface area contributed by atoms with Crippen LogP contribution in [-0.4, -0.2) is 42.9 Å². The zero-order valence-corrected chi connectivity index (χ0v) is 20.0. The molecule has 0 amide bonds. The molecule has 0 unspecified atom stereocenters. The number of carbonyl (C=O) groups is 2. The van der Waals surface area contributed by atoms with Crippen molar-refractivity contribution in [3.8, 4) is 11.4 Å². The van der Waals surface area contributed by atoms with Crippen molar-refractivity contribution in [1.82, 2.24) is 25.0 Å². The lowest BCUT2D eigenvalue weighted by Crippen LogP contribution is -2.68. The molecule has 0 spiro atoms. The van der Waals surface area contributed by atoms with Gasteiger partial charge < -0.3 is 4.74 Å². The molecule has 1 atom stereocenters. The molecule has 6 rings (SSSR count). The van der Waals surface area contributed by atoms with Gasteiger partial charge in [-0.05, 0) is 55.9 Å². The fourth-order valence-corrected chi connectivity index (χ4v) is 5.54. The van der Waals surface area contributed by atoms with E-state index in [4.69, 9.17) is 4.74 Å².